The standard InChI is InChI=1S/C12H21N3O3S/c1-4-13-12-9-11(5-7-14-12)19(16,17)15-10(2)6-8-18-3/h5,7,9-10,15H,4,6,8H2,1-3H3,(H,13,14). The Hall–Kier alpha value is -1.18. The molecule has 0 aliphatic carbocycles. The van der Waals surface area contributed by atoms with Gasteiger partial charge in [-0.1, -0.05) is 0 Å². The number of aromatic nitrogens is 1. The second-order valence-corrected chi connectivity index (χ2v) is 5.92. The molecule has 0 radical (unpaired) electrons. The van der Waals surface area contributed by atoms with E-state index in [-0.39, 0.29) is 10.9 Å². The molecular weight excluding hydrogens is 266 g/mol. The van der Waals surface area contributed by atoms with Gasteiger partial charge in [0.2, 0.25) is 10.0 Å². The summed E-state index contributed by atoms with van der Waals surface area (Å²) in [7, 11) is -1.93. The van der Waals surface area contributed by atoms with Crippen LogP contribution in [0.25, 0.3) is 0 Å². The zero-order valence-corrected chi connectivity index (χ0v) is 12.3. The molecule has 108 valence electrons. The monoisotopic (exact) mass is 287 g/mol. The third-order valence-electron chi connectivity index (χ3n) is 2.51. The van der Waals surface area contributed by atoms with Gasteiger partial charge in [-0.3, -0.25) is 0 Å². The van der Waals surface area contributed by atoms with Crippen LogP contribution in [0.4, 0.5) is 5.82 Å². The van der Waals surface area contributed by atoms with Gasteiger partial charge < -0.3 is 10.1 Å². The van der Waals surface area contributed by atoms with Gasteiger partial charge >= 0.3 is 0 Å². The van der Waals surface area contributed by atoms with Crippen molar-refractivity contribution in [3.8, 4) is 0 Å². The average molecular weight is 287 g/mol. The maximum absolute atomic E-state index is 12.2. The van der Waals surface area contributed by atoms with E-state index in [2.05, 4.69) is 15.0 Å². The average Bonchev–Trinajstić information content (AvgIpc) is 2.36. The van der Waals surface area contributed by atoms with Crippen molar-refractivity contribution >= 4 is 15.8 Å². The van der Waals surface area contributed by atoms with E-state index in [1.807, 2.05) is 13.8 Å². The first-order chi connectivity index (χ1) is 8.99. The summed E-state index contributed by atoms with van der Waals surface area (Å²) in [6.07, 6.45) is 2.10. The predicted octanol–water partition coefficient (Wildman–Crippen LogP) is 1.22. The van der Waals surface area contributed by atoms with Gasteiger partial charge in [0.25, 0.3) is 0 Å². The Bertz CT molecular complexity index is 491. The van der Waals surface area contributed by atoms with Crippen molar-refractivity contribution in [1.82, 2.24) is 9.71 Å². The Labute approximate surface area is 114 Å². The molecule has 0 aromatic carbocycles. The molecule has 19 heavy (non-hydrogen) atoms. The molecule has 1 unspecified atom stereocenters. The summed E-state index contributed by atoms with van der Waals surface area (Å²) < 4.78 is 31.9. The van der Waals surface area contributed by atoms with E-state index < -0.39 is 10.0 Å². The van der Waals surface area contributed by atoms with Gasteiger partial charge in [-0.25, -0.2) is 18.1 Å². The topological polar surface area (TPSA) is 80.3 Å². The molecule has 0 amide bonds. The van der Waals surface area contributed by atoms with E-state index in [1.165, 1.54) is 18.3 Å². The van der Waals surface area contributed by atoms with E-state index in [0.29, 0.717) is 25.4 Å². The molecule has 6 nitrogen and oxygen atoms in total. The van der Waals surface area contributed by atoms with Crippen molar-refractivity contribution in [2.75, 3.05) is 25.6 Å². The molecule has 0 bridgehead atoms. The van der Waals surface area contributed by atoms with Gasteiger partial charge in [-0.05, 0) is 26.3 Å². The lowest BCUT2D eigenvalue weighted by Crippen LogP contribution is -2.33. The predicted molar refractivity (Wildman–Crippen MR) is 74.7 cm³/mol. The lowest BCUT2D eigenvalue weighted by molar-refractivity contribution is 0.188. The highest BCUT2D eigenvalue weighted by Gasteiger charge is 2.17. The molecule has 1 rings (SSSR count). The fourth-order valence-electron chi connectivity index (χ4n) is 1.54. The minimum atomic E-state index is -3.52. The molecule has 1 heterocycles. The number of nitrogens with one attached hydrogen (secondary N) is 2. The Morgan fingerprint density at radius 1 is 1.47 bits per heavy atom. The minimum Gasteiger partial charge on any atom is -0.385 e. The van der Waals surface area contributed by atoms with Crippen molar-refractivity contribution < 1.29 is 13.2 Å². The van der Waals surface area contributed by atoms with Crippen LogP contribution >= 0.6 is 0 Å². The molecule has 2 N–H and O–H groups in total. The van der Waals surface area contributed by atoms with Crippen LogP contribution < -0.4 is 10.0 Å². The van der Waals surface area contributed by atoms with E-state index >= 15 is 0 Å². The lowest BCUT2D eigenvalue weighted by Gasteiger charge is -2.14. The number of sulfonamides is 1. The maximum atomic E-state index is 12.2. The molecule has 1 aromatic rings. The van der Waals surface area contributed by atoms with E-state index in [1.54, 1.807) is 7.11 Å². The normalized spacial score (nSPS) is 13.2. The number of hydrogen-bond acceptors (Lipinski definition) is 5. The fraction of sp³-hybridized carbons (Fsp3) is 0.583. The summed E-state index contributed by atoms with van der Waals surface area (Å²) in [5.74, 6) is 0.551. The number of ether oxygens (including phenoxy) is 1. The lowest BCUT2D eigenvalue weighted by atomic mass is 10.3. The van der Waals surface area contributed by atoms with Crippen LogP contribution in [-0.2, 0) is 14.8 Å². The SMILES string of the molecule is CCNc1cc(S(=O)(=O)NC(C)CCOC)ccn1. The maximum Gasteiger partial charge on any atom is 0.240 e. The summed E-state index contributed by atoms with van der Waals surface area (Å²) in [5.41, 5.74) is 0. The summed E-state index contributed by atoms with van der Waals surface area (Å²) in [5, 5.41) is 2.98. The summed E-state index contributed by atoms with van der Waals surface area (Å²) in [6, 6.07) is 2.82. The molecular formula is C12H21N3O3S. The highest BCUT2D eigenvalue weighted by atomic mass is 32.2. The smallest absolute Gasteiger partial charge is 0.240 e. The summed E-state index contributed by atoms with van der Waals surface area (Å²) in [4.78, 5) is 4.26. The number of rotatable bonds is 8. The largest absolute Gasteiger partial charge is 0.385 e. The van der Waals surface area contributed by atoms with Crippen molar-refractivity contribution in [1.29, 1.82) is 0 Å². The highest BCUT2D eigenvalue weighted by molar-refractivity contribution is 7.89. The number of nitrogens with zero attached hydrogens (tertiary/aromatic N) is 1. The van der Waals surface area contributed by atoms with Gasteiger partial charge in [-0.2, -0.15) is 0 Å². The summed E-state index contributed by atoms with van der Waals surface area (Å²) >= 11 is 0. The highest BCUT2D eigenvalue weighted by Crippen LogP contribution is 2.13. The van der Waals surface area contributed by atoms with Gasteiger partial charge in [0.05, 0.1) is 4.90 Å². The Kier molecular flexibility index (Phi) is 6.20. The van der Waals surface area contributed by atoms with Crippen molar-refractivity contribution in [2.24, 2.45) is 0 Å². The number of anilines is 1. The van der Waals surface area contributed by atoms with Crippen LogP contribution in [0.15, 0.2) is 23.2 Å². The van der Waals surface area contributed by atoms with Crippen LogP contribution in [0.3, 0.4) is 0 Å². The number of methoxy groups -OCH3 is 1. The quantitative estimate of drug-likeness (QED) is 0.751. The summed E-state index contributed by atoms with van der Waals surface area (Å²) in [6.45, 7) is 4.94. The molecule has 7 heteroatoms. The first-order valence-electron chi connectivity index (χ1n) is 6.20. The van der Waals surface area contributed by atoms with E-state index in [0.717, 1.165) is 0 Å². The third-order valence-corrected chi connectivity index (χ3v) is 4.10. The van der Waals surface area contributed by atoms with Gasteiger partial charge in [0, 0.05) is 38.6 Å². The zero-order chi connectivity index (χ0) is 14.3. The van der Waals surface area contributed by atoms with Crippen LogP contribution in [0, 0.1) is 0 Å². The second-order valence-electron chi connectivity index (χ2n) is 4.21. The number of hydrogen-bond donors (Lipinski definition) is 2. The molecule has 1 aromatic heterocycles. The Morgan fingerprint density at radius 2 is 2.21 bits per heavy atom. The van der Waals surface area contributed by atoms with Gasteiger partial charge in [-0.15, -0.1) is 0 Å². The molecule has 0 aliphatic heterocycles. The first kappa shape index (κ1) is 15.9. The van der Waals surface area contributed by atoms with Crippen molar-refractivity contribution in [3.05, 3.63) is 18.3 Å². The first-order valence-corrected chi connectivity index (χ1v) is 7.69. The van der Waals surface area contributed by atoms with Crippen molar-refractivity contribution in [2.45, 2.75) is 31.2 Å². The van der Waals surface area contributed by atoms with Gasteiger partial charge in [0.15, 0.2) is 0 Å². The van der Waals surface area contributed by atoms with Crippen molar-refractivity contribution in [3.63, 3.8) is 0 Å². The van der Waals surface area contributed by atoms with E-state index in [4.69, 9.17) is 4.74 Å². The Morgan fingerprint density at radius 3 is 2.84 bits per heavy atom. The van der Waals surface area contributed by atoms with Crippen LogP contribution in [0.5, 0.6) is 0 Å². The minimum absolute atomic E-state index is 0.180. The zero-order valence-electron chi connectivity index (χ0n) is 11.5. The molecule has 1 atom stereocenters. The van der Waals surface area contributed by atoms with Crippen LogP contribution in [0.1, 0.15) is 20.3 Å². The number of pyridine rings is 1. The molecule has 0 aliphatic rings. The Balaban J connectivity index is 2.79. The molecule has 0 fully saturated rings. The third kappa shape index (κ3) is 5.14. The second kappa shape index (κ2) is 7.42. The molecule has 0 saturated heterocycles. The molecule has 0 saturated carbocycles. The fourth-order valence-corrected chi connectivity index (χ4v) is 2.83. The molecule has 0 spiro atoms. The van der Waals surface area contributed by atoms with E-state index in [9.17, 15) is 8.42 Å². The van der Waals surface area contributed by atoms with Crippen LogP contribution in [-0.4, -0.2) is 39.7 Å². The van der Waals surface area contributed by atoms with Crippen LogP contribution in [0.2, 0.25) is 0 Å². The van der Waals surface area contributed by atoms with Gasteiger partial charge in [0.1, 0.15) is 5.82 Å².